The van der Waals surface area contributed by atoms with Crippen LogP contribution in [0.15, 0.2) is 12.1 Å². The fourth-order valence-corrected chi connectivity index (χ4v) is 2.79. The van der Waals surface area contributed by atoms with Crippen molar-refractivity contribution in [1.29, 1.82) is 0 Å². The maximum Gasteiger partial charge on any atom is 0.164 e. The van der Waals surface area contributed by atoms with Crippen molar-refractivity contribution in [2.45, 2.75) is 51.7 Å². The topological polar surface area (TPSA) is 58.6 Å². The molecule has 4 nitrogen and oxygen atoms in total. The quantitative estimate of drug-likeness (QED) is 0.873. The Balaban J connectivity index is 2.02. The molecule has 0 aromatic heterocycles. The molecule has 1 unspecified atom stereocenters. The van der Waals surface area contributed by atoms with Gasteiger partial charge in [-0.05, 0) is 45.7 Å². The van der Waals surface area contributed by atoms with E-state index < -0.39 is 6.10 Å². The first-order valence-electron chi connectivity index (χ1n) is 7.68. The molecule has 0 aliphatic heterocycles. The van der Waals surface area contributed by atoms with E-state index in [1.54, 1.807) is 12.1 Å². The number of aliphatic hydroxyl groups excluding tert-OH is 1. The van der Waals surface area contributed by atoms with Crippen molar-refractivity contribution in [2.24, 2.45) is 0 Å². The minimum Gasteiger partial charge on any atom is -0.491 e. The zero-order valence-corrected chi connectivity index (χ0v) is 14.2. The molecule has 0 saturated heterocycles. The van der Waals surface area contributed by atoms with Crippen molar-refractivity contribution in [1.82, 2.24) is 5.32 Å². The molecular formula is C17H24ClNO3. The first-order chi connectivity index (χ1) is 10.3. The Morgan fingerprint density at radius 1 is 1.36 bits per heavy atom. The molecule has 0 saturated carbocycles. The van der Waals surface area contributed by atoms with Crippen molar-refractivity contribution in [3.8, 4) is 5.75 Å². The summed E-state index contributed by atoms with van der Waals surface area (Å²) in [6, 6.07) is 3.47. The van der Waals surface area contributed by atoms with Gasteiger partial charge in [-0.1, -0.05) is 11.6 Å². The summed E-state index contributed by atoms with van der Waals surface area (Å²) >= 11 is 6.14. The Morgan fingerprint density at radius 2 is 2.09 bits per heavy atom. The van der Waals surface area contributed by atoms with Gasteiger partial charge < -0.3 is 15.2 Å². The number of Topliss-reactive ketones (excluding diaryl/α,β-unsaturated/α-hetero) is 1. The van der Waals surface area contributed by atoms with Crippen molar-refractivity contribution in [3.63, 3.8) is 0 Å². The molecule has 1 aromatic carbocycles. The van der Waals surface area contributed by atoms with Crippen LogP contribution in [0.5, 0.6) is 5.75 Å². The van der Waals surface area contributed by atoms with E-state index in [1.807, 2.05) is 20.8 Å². The molecule has 1 aliphatic rings. The molecule has 0 bridgehead atoms. The van der Waals surface area contributed by atoms with Gasteiger partial charge >= 0.3 is 0 Å². The maximum atomic E-state index is 12.0. The van der Waals surface area contributed by atoms with Crippen molar-refractivity contribution in [2.75, 3.05) is 13.2 Å². The number of hydrogen-bond acceptors (Lipinski definition) is 4. The Bertz CT molecular complexity index is 552. The third-order valence-corrected chi connectivity index (χ3v) is 3.94. The standard InChI is InChI=1S/C17H24ClNO3/c1-17(2,3)19-9-11(20)10-22-15-8-7-13(18)16-12(15)5-4-6-14(16)21/h7-8,11,19-20H,4-6,9-10H2,1-3H3. The smallest absolute Gasteiger partial charge is 0.164 e. The normalized spacial score (nSPS) is 16.3. The minimum atomic E-state index is -0.607. The summed E-state index contributed by atoms with van der Waals surface area (Å²) in [4.78, 5) is 12.0. The first kappa shape index (κ1) is 17.3. The summed E-state index contributed by atoms with van der Waals surface area (Å²) in [6.07, 6.45) is 1.53. The van der Waals surface area contributed by atoms with Gasteiger partial charge in [0.05, 0.1) is 5.02 Å². The van der Waals surface area contributed by atoms with E-state index in [0.29, 0.717) is 29.3 Å². The molecule has 1 aromatic rings. The lowest BCUT2D eigenvalue weighted by atomic mass is 9.90. The summed E-state index contributed by atoms with van der Waals surface area (Å²) in [5, 5.41) is 13.7. The van der Waals surface area contributed by atoms with Crippen LogP contribution in [-0.2, 0) is 6.42 Å². The number of ketones is 1. The highest BCUT2D eigenvalue weighted by atomic mass is 35.5. The zero-order chi connectivity index (χ0) is 16.3. The number of halogens is 1. The van der Waals surface area contributed by atoms with E-state index in [1.165, 1.54) is 0 Å². The van der Waals surface area contributed by atoms with E-state index in [9.17, 15) is 9.90 Å². The van der Waals surface area contributed by atoms with Crippen molar-refractivity contribution >= 4 is 17.4 Å². The predicted molar refractivity (Wildman–Crippen MR) is 88.0 cm³/mol. The number of β-amino-alcohol motifs (C(OH)–C–C–N with tert-alkyl or cyclic N) is 1. The fraction of sp³-hybridized carbons (Fsp3) is 0.588. The lowest BCUT2D eigenvalue weighted by Crippen LogP contribution is -2.42. The van der Waals surface area contributed by atoms with Crippen LogP contribution in [0, 0.1) is 0 Å². The van der Waals surface area contributed by atoms with Gasteiger partial charge in [-0.15, -0.1) is 0 Å². The van der Waals surface area contributed by atoms with Crippen LogP contribution >= 0.6 is 11.6 Å². The van der Waals surface area contributed by atoms with Gasteiger partial charge in [0.1, 0.15) is 18.5 Å². The number of nitrogens with one attached hydrogen (secondary N) is 1. The number of fused-ring (bicyclic) bond motifs is 1. The van der Waals surface area contributed by atoms with Crippen LogP contribution < -0.4 is 10.1 Å². The number of hydrogen-bond donors (Lipinski definition) is 2. The van der Waals surface area contributed by atoms with Crippen LogP contribution in [0.2, 0.25) is 5.02 Å². The van der Waals surface area contributed by atoms with Gasteiger partial charge in [0.25, 0.3) is 0 Å². The summed E-state index contributed by atoms with van der Waals surface area (Å²) in [7, 11) is 0. The van der Waals surface area contributed by atoms with Gasteiger partial charge in [0.15, 0.2) is 5.78 Å². The number of carbonyl (C=O) groups excluding carboxylic acids is 1. The molecule has 2 rings (SSSR count). The van der Waals surface area contributed by atoms with E-state index in [0.717, 1.165) is 18.4 Å². The monoisotopic (exact) mass is 325 g/mol. The molecule has 0 fully saturated rings. The van der Waals surface area contributed by atoms with Gasteiger partial charge in [-0.25, -0.2) is 0 Å². The molecule has 0 amide bonds. The van der Waals surface area contributed by atoms with Crippen LogP contribution in [0.4, 0.5) is 0 Å². The summed E-state index contributed by atoms with van der Waals surface area (Å²) in [6.45, 7) is 6.77. The van der Waals surface area contributed by atoms with Crippen molar-refractivity contribution < 1.29 is 14.6 Å². The van der Waals surface area contributed by atoms with Gasteiger partial charge in [-0.3, -0.25) is 4.79 Å². The fourth-order valence-electron chi connectivity index (χ4n) is 2.50. The van der Waals surface area contributed by atoms with Gasteiger partial charge in [0, 0.05) is 29.6 Å². The maximum absolute atomic E-state index is 12.0. The number of ether oxygens (including phenoxy) is 1. The molecule has 0 spiro atoms. The first-order valence-corrected chi connectivity index (χ1v) is 8.06. The number of carbonyl (C=O) groups is 1. The van der Waals surface area contributed by atoms with Crippen LogP contribution in [0.25, 0.3) is 0 Å². The molecule has 22 heavy (non-hydrogen) atoms. The largest absolute Gasteiger partial charge is 0.491 e. The molecule has 0 heterocycles. The molecular weight excluding hydrogens is 302 g/mol. The molecule has 5 heteroatoms. The second-order valence-electron chi connectivity index (χ2n) is 6.77. The highest BCUT2D eigenvalue weighted by Crippen LogP contribution is 2.34. The predicted octanol–water partition coefficient (Wildman–Crippen LogP) is 2.99. The molecule has 122 valence electrons. The van der Waals surface area contributed by atoms with Gasteiger partial charge in [0.2, 0.25) is 0 Å². The van der Waals surface area contributed by atoms with Crippen LogP contribution in [0.1, 0.15) is 49.5 Å². The third-order valence-electron chi connectivity index (χ3n) is 3.63. The lowest BCUT2D eigenvalue weighted by Gasteiger charge is -2.24. The minimum absolute atomic E-state index is 0.0488. The lowest BCUT2D eigenvalue weighted by molar-refractivity contribution is 0.0957. The van der Waals surface area contributed by atoms with Crippen molar-refractivity contribution in [3.05, 3.63) is 28.3 Å². The highest BCUT2D eigenvalue weighted by molar-refractivity contribution is 6.34. The molecule has 1 atom stereocenters. The molecule has 2 N–H and O–H groups in total. The second kappa shape index (κ2) is 6.99. The van der Waals surface area contributed by atoms with E-state index >= 15 is 0 Å². The van der Waals surface area contributed by atoms with E-state index in [4.69, 9.17) is 16.3 Å². The van der Waals surface area contributed by atoms with E-state index in [2.05, 4.69) is 5.32 Å². The molecule has 1 aliphatic carbocycles. The third kappa shape index (κ3) is 4.45. The summed E-state index contributed by atoms with van der Waals surface area (Å²) < 4.78 is 5.73. The van der Waals surface area contributed by atoms with Gasteiger partial charge in [-0.2, -0.15) is 0 Å². The van der Waals surface area contributed by atoms with Crippen LogP contribution in [0.3, 0.4) is 0 Å². The van der Waals surface area contributed by atoms with Crippen LogP contribution in [-0.4, -0.2) is 35.7 Å². The number of aliphatic hydroxyl groups is 1. The number of benzene rings is 1. The summed E-state index contributed by atoms with van der Waals surface area (Å²) in [5.41, 5.74) is 1.42. The SMILES string of the molecule is CC(C)(C)NCC(O)COc1ccc(Cl)c2c1CCCC2=O. The zero-order valence-electron chi connectivity index (χ0n) is 13.4. The Labute approximate surface area is 136 Å². The Morgan fingerprint density at radius 3 is 2.77 bits per heavy atom. The Kier molecular flexibility index (Phi) is 5.48. The number of rotatable bonds is 5. The molecule has 0 radical (unpaired) electrons. The Hall–Kier alpha value is -1.10. The van der Waals surface area contributed by atoms with E-state index in [-0.39, 0.29) is 17.9 Å². The summed E-state index contributed by atoms with van der Waals surface area (Å²) in [5.74, 6) is 0.730. The average molecular weight is 326 g/mol. The average Bonchev–Trinajstić information content (AvgIpc) is 2.44. The highest BCUT2D eigenvalue weighted by Gasteiger charge is 2.24. The second-order valence-corrected chi connectivity index (χ2v) is 7.18.